The molecular formula is C16H10ClNO3. The number of carbonyl (C=O) groups excluding carboxylic acids is 3. The third-order valence-corrected chi connectivity index (χ3v) is 3.64. The van der Waals surface area contributed by atoms with Gasteiger partial charge in [-0.25, -0.2) is 0 Å². The minimum Gasteiger partial charge on any atom is -0.325 e. The summed E-state index contributed by atoms with van der Waals surface area (Å²) in [5.74, 6) is -0.785. The summed E-state index contributed by atoms with van der Waals surface area (Å²) in [5.41, 5.74) is 1.58. The van der Waals surface area contributed by atoms with Crippen LogP contribution in [0.2, 0.25) is 5.02 Å². The second kappa shape index (κ2) is 4.82. The summed E-state index contributed by atoms with van der Waals surface area (Å²) in [6, 6.07) is 9.54. The summed E-state index contributed by atoms with van der Waals surface area (Å²) in [6.45, 7) is 1.35. The number of nitrogens with one attached hydrogen (secondary N) is 1. The molecule has 0 aliphatic heterocycles. The molecule has 0 unspecified atom stereocenters. The Kier molecular flexibility index (Phi) is 3.11. The first-order valence-corrected chi connectivity index (χ1v) is 6.66. The molecule has 21 heavy (non-hydrogen) atoms. The van der Waals surface area contributed by atoms with Gasteiger partial charge in [-0.05, 0) is 12.1 Å². The first kappa shape index (κ1) is 13.5. The van der Waals surface area contributed by atoms with E-state index in [1.54, 1.807) is 24.3 Å². The van der Waals surface area contributed by atoms with Crippen LogP contribution < -0.4 is 5.32 Å². The van der Waals surface area contributed by atoms with Gasteiger partial charge in [0.05, 0.1) is 10.7 Å². The van der Waals surface area contributed by atoms with E-state index in [1.807, 2.05) is 0 Å². The molecule has 5 heteroatoms. The van der Waals surface area contributed by atoms with E-state index in [-0.39, 0.29) is 33.6 Å². The number of ketones is 2. The molecule has 0 radical (unpaired) electrons. The Morgan fingerprint density at radius 2 is 1.48 bits per heavy atom. The van der Waals surface area contributed by atoms with Gasteiger partial charge in [0.1, 0.15) is 0 Å². The maximum atomic E-state index is 12.5. The largest absolute Gasteiger partial charge is 0.325 e. The van der Waals surface area contributed by atoms with Crippen LogP contribution in [0.25, 0.3) is 0 Å². The molecule has 1 amide bonds. The van der Waals surface area contributed by atoms with Gasteiger partial charge >= 0.3 is 0 Å². The first-order valence-electron chi connectivity index (χ1n) is 6.28. The predicted molar refractivity (Wildman–Crippen MR) is 79.1 cm³/mol. The van der Waals surface area contributed by atoms with Crippen LogP contribution in [-0.4, -0.2) is 17.5 Å². The second-order valence-corrected chi connectivity index (χ2v) is 5.17. The van der Waals surface area contributed by atoms with E-state index < -0.39 is 0 Å². The van der Waals surface area contributed by atoms with Crippen molar-refractivity contribution in [3.05, 3.63) is 63.7 Å². The molecular weight excluding hydrogens is 290 g/mol. The molecule has 2 aromatic rings. The maximum absolute atomic E-state index is 12.5. The first-order chi connectivity index (χ1) is 9.99. The SMILES string of the molecule is CC(=O)Nc1cc2c(cc1Cl)C(=O)c1ccccc1C2=O. The molecule has 3 rings (SSSR count). The highest BCUT2D eigenvalue weighted by molar-refractivity contribution is 6.36. The summed E-state index contributed by atoms with van der Waals surface area (Å²) in [5, 5.41) is 2.77. The zero-order chi connectivity index (χ0) is 15.1. The maximum Gasteiger partial charge on any atom is 0.221 e. The van der Waals surface area contributed by atoms with Crippen molar-refractivity contribution in [1.82, 2.24) is 0 Å². The van der Waals surface area contributed by atoms with Crippen LogP contribution in [0, 0.1) is 0 Å². The number of benzene rings is 2. The van der Waals surface area contributed by atoms with Crippen molar-refractivity contribution < 1.29 is 14.4 Å². The monoisotopic (exact) mass is 299 g/mol. The normalized spacial score (nSPS) is 12.7. The molecule has 0 atom stereocenters. The predicted octanol–water partition coefficient (Wildman–Crippen LogP) is 3.07. The van der Waals surface area contributed by atoms with Gasteiger partial charge in [0.15, 0.2) is 11.6 Å². The molecule has 0 fully saturated rings. The Morgan fingerprint density at radius 3 is 2.00 bits per heavy atom. The molecule has 104 valence electrons. The molecule has 4 nitrogen and oxygen atoms in total. The van der Waals surface area contributed by atoms with Crippen molar-refractivity contribution in [2.75, 3.05) is 5.32 Å². The fourth-order valence-electron chi connectivity index (χ4n) is 2.40. The van der Waals surface area contributed by atoms with Crippen molar-refractivity contribution in [2.45, 2.75) is 6.92 Å². The number of hydrogen-bond donors (Lipinski definition) is 1. The highest BCUT2D eigenvalue weighted by Crippen LogP contribution is 2.33. The smallest absolute Gasteiger partial charge is 0.221 e. The molecule has 1 aliphatic carbocycles. The number of rotatable bonds is 1. The van der Waals surface area contributed by atoms with Gasteiger partial charge in [-0.15, -0.1) is 0 Å². The standard InChI is InChI=1S/C16H10ClNO3/c1-8(19)18-14-7-12-11(6-13(14)17)15(20)9-4-2-3-5-10(9)16(12)21/h2-7H,1H3,(H,18,19). The van der Waals surface area contributed by atoms with Gasteiger partial charge in [-0.3, -0.25) is 14.4 Å². The minimum atomic E-state index is -0.299. The Bertz CT molecular complexity index is 811. The van der Waals surface area contributed by atoms with Crippen LogP contribution >= 0.6 is 11.6 Å². The van der Waals surface area contributed by atoms with Gasteiger partial charge in [-0.2, -0.15) is 0 Å². The molecule has 0 spiro atoms. The van der Waals surface area contributed by atoms with Gasteiger partial charge in [0, 0.05) is 29.2 Å². The van der Waals surface area contributed by atoms with E-state index >= 15 is 0 Å². The van der Waals surface area contributed by atoms with Crippen LogP contribution in [0.3, 0.4) is 0 Å². The van der Waals surface area contributed by atoms with Crippen molar-refractivity contribution in [2.24, 2.45) is 0 Å². The fraction of sp³-hybridized carbons (Fsp3) is 0.0625. The Labute approximate surface area is 125 Å². The van der Waals surface area contributed by atoms with Crippen LogP contribution in [0.4, 0.5) is 5.69 Å². The molecule has 2 aromatic carbocycles. The summed E-state index contributed by atoms with van der Waals surface area (Å²) in [6.07, 6.45) is 0. The third kappa shape index (κ3) is 2.14. The van der Waals surface area contributed by atoms with Crippen LogP contribution in [-0.2, 0) is 4.79 Å². The van der Waals surface area contributed by atoms with E-state index in [0.717, 1.165) is 0 Å². The highest BCUT2D eigenvalue weighted by atomic mass is 35.5. The highest BCUT2D eigenvalue weighted by Gasteiger charge is 2.30. The van der Waals surface area contributed by atoms with Crippen molar-refractivity contribution in [3.63, 3.8) is 0 Å². The van der Waals surface area contributed by atoms with Crippen molar-refractivity contribution in [3.8, 4) is 0 Å². The van der Waals surface area contributed by atoms with E-state index in [1.165, 1.54) is 19.1 Å². The van der Waals surface area contributed by atoms with Crippen LogP contribution in [0.1, 0.15) is 38.8 Å². The lowest BCUT2D eigenvalue weighted by atomic mass is 9.84. The zero-order valence-corrected chi connectivity index (χ0v) is 11.8. The van der Waals surface area contributed by atoms with Gasteiger partial charge in [-0.1, -0.05) is 35.9 Å². The minimum absolute atomic E-state index is 0.226. The molecule has 0 saturated carbocycles. The fourth-order valence-corrected chi connectivity index (χ4v) is 2.61. The Balaban J connectivity index is 2.21. The lowest BCUT2D eigenvalue weighted by Crippen LogP contribution is -2.21. The molecule has 1 N–H and O–H groups in total. The molecule has 0 saturated heterocycles. The van der Waals surface area contributed by atoms with Crippen molar-refractivity contribution >= 4 is 34.8 Å². The molecule has 1 aliphatic rings. The molecule has 0 heterocycles. The van der Waals surface area contributed by atoms with E-state index in [9.17, 15) is 14.4 Å². The topological polar surface area (TPSA) is 63.2 Å². The van der Waals surface area contributed by atoms with E-state index in [4.69, 9.17) is 11.6 Å². The number of hydrogen-bond acceptors (Lipinski definition) is 3. The van der Waals surface area contributed by atoms with Crippen LogP contribution in [0.5, 0.6) is 0 Å². The second-order valence-electron chi connectivity index (χ2n) is 4.76. The Morgan fingerprint density at radius 1 is 0.952 bits per heavy atom. The quantitative estimate of drug-likeness (QED) is 0.751. The average molecular weight is 300 g/mol. The average Bonchev–Trinajstić information content (AvgIpc) is 2.46. The number of halogens is 1. The zero-order valence-electron chi connectivity index (χ0n) is 11.1. The summed E-state index contributed by atoms with van der Waals surface area (Å²) < 4.78 is 0. The van der Waals surface area contributed by atoms with Crippen LogP contribution in [0.15, 0.2) is 36.4 Å². The van der Waals surface area contributed by atoms with Gasteiger partial charge in [0.25, 0.3) is 0 Å². The summed E-state index contributed by atoms with van der Waals surface area (Å²) >= 11 is 6.07. The number of amides is 1. The lowest BCUT2D eigenvalue weighted by molar-refractivity contribution is -0.114. The summed E-state index contributed by atoms with van der Waals surface area (Å²) in [4.78, 5) is 36.1. The molecule has 0 bridgehead atoms. The number of anilines is 1. The number of fused-ring (bicyclic) bond motifs is 2. The lowest BCUT2D eigenvalue weighted by Gasteiger charge is -2.19. The number of carbonyl (C=O) groups is 3. The van der Waals surface area contributed by atoms with E-state index in [0.29, 0.717) is 16.8 Å². The third-order valence-electron chi connectivity index (χ3n) is 3.32. The summed E-state index contributed by atoms with van der Waals surface area (Å²) in [7, 11) is 0. The molecule has 0 aromatic heterocycles. The Hall–Kier alpha value is -2.46. The van der Waals surface area contributed by atoms with Gasteiger partial charge in [0.2, 0.25) is 5.91 Å². The van der Waals surface area contributed by atoms with Gasteiger partial charge < -0.3 is 5.32 Å². The van der Waals surface area contributed by atoms with E-state index in [2.05, 4.69) is 5.32 Å². The van der Waals surface area contributed by atoms with Crippen molar-refractivity contribution in [1.29, 1.82) is 0 Å².